The summed E-state index contributed by atoms with van der Waals surface area (Å²) in [4.78, 5) is 25.6. The molecule has 0 aliphatic heterocycles. The van der Waals surface area contributed by atoms with E-state index in [-0.39, 0.29) is 12.4 Å². The van der Waals surface area contributed by atoms with Gasteiger partial charge in [0.2, 0.25) is 0 Å². The van der Waals surface area contributed by atoms with Crippen LogP contribution in [0.25, 0.3) is 10.9 Å². The quantitative estimate of drug-likeness (QED) is 0.694. The standard InChI is InChI=1S/C16H15NO4/c1-3-21-15(18)6-4-5-11-7-8-12-10-14(16(19)20-2)17-13(12)9-11/h7-10,17H,3,6H2,1-2H3. The molecule has 0 aliphatic carbocycles. The van der Waals surface area contributed by atoms with Gasteiger partial charge in [-0.2, -0.15) is 0 Å². The normalized spacial score (nSPS) is 9.81. The van der Waals surface area contributed by atoms with Gasteiger partial charge in [-0.1, -0.05) is 17.9 Å². The Morgan fingerprint density at radius 3 is 2.81 bits per heavy atom. The molecule has 0 saturated carbocycles. The molecule has 108 valence electrons. The number of aromatic amines is 1. The lowest BCUT2D eigenvalue weighted by molar-refractivity contribution is -0.141. The van der Waals surface area contributed by atoms with Gasteiger partial charge >= 0.3 is 11.9 Å². The fourth-order valence-electron chi connectivity index (χ4n) is 1.86. The SMILES string of the molecule is CCOC(=O)CC#Cc1ccc2cc(C(=O)OC)[nH]c2c1. The molecule has 0 aliphatic rings. The van der Waals surface area contributed by atoms with Gasteiger partial charge in [-0.05, 0) is 25.1 Å². The molecule has 0 fully saturated rings. The number of esters is 2. The molecule has 0 radical (unpaired) electrons. The molecule has 21 heavy (non-hydrogen) atoms. The van der Waals surface area contributed by atoms with Crippen molar-refractivity contribution in [2.24, 2.45) is 0 Å². The Bertz CT molecular complexity index is 734. The lowest BCUT2D eigenvalue weighted by Crippen LogP contribution is -2.01. The maximum Gasteiger partial charge on any atom is 0.354 e. The number of nitrogens with one attached hydrogen (secondary N) is 1. The van der Waals surface area contributed by atoms with Crippen LogP contribution in [0.15, 0.2) is 24.3 Å². The highest BCUT2D eigenvalue weighted by Gasteiger charge is 2.09. The van der Waals surface area contributed by atoms with Crippen molar-refractivity contribution in [3.05, 3.63) is 35.5 Å². The van der Waals surface area contributed by atoms with Gasteiger partial charge in [-0.25, -0.2) is 4.79 Å². The van der Waals surface area contributed by atoms with Crippen molar-refractivity contribution in [3.8, 4) is 11.8 Å². The van der Waals surface area contributed by atoms with Crippen LogP contribution in [0.3, 0.4) is 0 Å². The van der Waals surface area contributed by atoms with E-state index in [1.807, 2.05) is 18.2 Å². The summed E-state index contributed by atoms with van der Waals surface area (Å²) < 4.78 is 9.45. The number of fused-ring (bicyclic) bond motifs is 1. The van der Waals surface area contributed by atoms with E-state index in [2.05, 4.69) is 21.6 Å². The monoisotopic (exact) mass is 285 g/mol. The molecule has 0 amide bonds. The third-order valence-corrected chi connectivity index (χ3v) is 2.80. The number of rotatable bonds is 3. The summed E-state index contributed by atoms with van der Waals surface area (Å²) in [5, 5.41) is 0.895. The van der Waals surface area contributed by atoms with Crippen molar-refractivity contribution < 1.29 is 19.1 Å². The van der Waals surface area contributed by atoms with Gasteiger partial charge in [0.05, 0.1) is 13.7 Å². The van der Waals surface area contributed by atoms with E-state index in [1.165, 1.54) is 7.11 Å². The Balaban J connectivity index is 2.17. The third kappa shape index (κ3) is 3.63. The average Bonchev–Trinajstić information content (AvgIpc) is 2.90. The summed E-state index contributed by atoms with van der Waals surface area (Å²) in [5.74, 6) is 4.90. The topological polar surface area (TPSA) is 68.4 Å². The molecule has 0 unspecified atom stereocenters. The molecule has 2 rings (SSSR count). The molecule has 1 aromatic carbocycles. The van der Waals surface area contributed by atoms with E-state index < -0.39 is 5.97 Å². The van der Waals surface area contributed by atoms with Crippen molar-refractivity contribution >= 4 is 22.8 Å². The van der Waals surface area contributed by atoms with Gasteiger partial charge in [0, 0.05) is 16.5 Å². The van der Waals surface area contributed by atoms with Gasteiger partial charge < -0.3 is 14.5 Å². The first-order chi connectivity index (χ1) is 10.1. The van der Waals surface area contributed by atoms with Crippen LogP contribution < -0.4 is 0 Å². The molecular formula is C16H15NO4. The van der Waals surface area contributed by atoms with Crippen molar-refractivity contribution in [2.45, 2.75) is 13.3 Å². The maximum absolute atomic E-state index is 11.4. The predicted molar refractivity (Wildman–Crippen MR) is 77.8 cm³/mol. The van der Waals surface area contributed by atoms with Crippen LogP contribution in [0.4, 0.5) is 0 Å². The molecule has 1 N–H and O–H groups in total. The summed E-state index contributed by atoms with van der Waals surface area (Å²) in [6, 6.07) is 7.22. The number of hydrogen-bond donors (Lipinski definition) is 1. The van der Waals surface area contributed by atoms with Crippen molar-refractivity contribution in [2.75, 3.05) is 13.7 Å². The third-order valence-electron chi connectivity index (χ3n) is 2.80. The molecular weight excluding hydrogens is 270 g/mol. The van der Waals surface area contributed by atoms with Gasteiger partial charge in [-0.15, -0.1) is 0 Å². The minimum atomic E-state index is -0.416. The molecule has 0 bridgehead atoms. The highest BCUT2D eigenvalue weighted by atomic mass is 16.5. The molecule has 5 heteroatoms. The minimum Gasteiger partial charge on any atom is -0.465 e. The summed E-state index contributed by atoms with van der Waals surface area (Å²) in [7, 11) is 1.33. The zero-order valence-corrected chi connectivity index (χ0v) is 11.9. The number of aromatic nitrogens is 1. The Morgan fingerprint density at radius 1 is 1.29 bits per heavy atom. The van der Waals surface area contributed by atoms with Crippen molar-refractivity contribution in [1.29, 1.82) is 0 Å². The van der Waals surface area contributed by atoms with Crippen LogP contribution in [-0.4, -0.2) is 30.6 Å². The summed E-state index contributed by atoms with van der Waals surface area (Å²) in [5.41, 5.74) is 1.94. The zero-order chi connectivity index (χ0) is 15.2. The first kappa shape index (κ1) is 14.7. The van der Waals surface area contributed by atoms with Crippen LogP contribution in [-0.2, 0) is 14.3 Å². The molecule has 5 nitrogen and oxygen atoms in total. The highest BCUT2D eigenvalue weighted by Crippen LogP contribution is 2.17. The fourth-order valence-corrected chi connectivity index (χ4v) is 1.86. The zero-order valence-electron chi connectivity index (χ0n) is 11.9. The second-order valence-electron chi connectivity index (χ2n) is 4.26. The first-order valence-electron chi connectivity index (χ1n) is 6.49. The summed E-state index contributed by atoms with van der Waals surface area (Å²) in [6.07, 6.45) is 0.0595. The Hall–Kier alpha value is -2.74. The van der Waals surface area contributed by atoms with Crippen LogP contribution in [0, 0.1) is 11.8 Å². The average molecular weight is 285 g/mol. The Kier molecular flexibility index (Phi) is 4.62. The molecule has 1 heterocycles. The lowest BCUT2D eigenvalue weighted by Gasteiger charge is -1.95. The summed E-state index contributed by atoms with van der Waals surface area (Å²) in [6.45, 7) is 2.11. The van der Waals surface area contributed by atoms with Crippen LogP contribution >= 0.6 is 0 Å². The Morgan fingerprint density at radius 2 is 2.10 bits per heavy atom. The first-order valence-corrected chi connectivity index (χ1v) is 6.49. The predicted octanol–water partition coefficient (Wildman–Crippen LogP) is 2.26. The number of ether oxygens (including phenoxy) is 2. The summed E-state index contributed by atoms with van der Waals surface area (Å²) >= 11 is 0. The number of H-pyrrole nitrogens is 1. The molecule has 0 atom stereocenters. The molecule has 1 aromatic heterocycles. The Labute approximate surface area is 122 Å². The number of carbonyl (C=O) groups is 2. The second-order valence-corrected chi connectivity index (χ2v) is 4.26. The van der Waals surface area contributed by atoms with E-state index in [0.717, 1.165) is 16.5 Å². The number of benzene rings is 1. The molecule has 0 saturated heterocycles. The smallest absolute Gasteiger partial charge is 0.354 e. The highest BCUT2D eigenvalue weighted by molar-refractivity contribution is 5.95. The largest absolute Gasteiger partial charge is 0.465 e. The van der Waals surface area contributed by atoms with E-state index in [0.29, 0.717) is 12.3 Å². The van der Waals surface area contributed by atoms with Gasteiger partial charge in [0.15, 0.2) is 0 Å². The maximum atomic E-state index is 11.4. The second kappa shape index (κ2) is 6.62. The van der Waals surface area contributed by atoms with E-state index >= 15 is 0 Å². The number of carbonyl (C=O) groups excluding carboxylic acids is 2. The van der Waals surface area contributed by atoms with Gasteiger partial charge in [0.1, 0.15) is 12.1 Å². The molecule has 0 spiro atoms. The fraction of sp³-hybridized carbons (Fsp3) is 0.250. The van der Waals surface area contributed by atoms with Crippen molar-refractivity contribution in [1.82, 2.24) is 4.98 Å². The van der Waals surface area contributed by atoms with Crippen LogP contribution in [0.5, 0.6) is 0 Å². The van der Waals surface area contributed by atoms with Crippen LogP contribution in [0.2, 0.25) is 0 Å². The van der Waals surface area contributed by atoms with E-state index in [4.69, 9.17) is 4.74 Å². The van der Waals surface area contributed by atoms with Gasteiger partial charge in [-0.3, -0.25) is 4.79 Å². The van der Waals surface area contributed by atoms with Crippen LogP contribution in [0.1, 0.15) is 29.4 Å². The minimum absolute atomic E-state index is 0.0595. The van der Waals surface area contributed by atoms with E-state index in [9.17, 15) is 9.59 Å². The van der Waals surface area contributed by atoms with Crippen molar-refractivity contribution in [3.63, 3.8) is 0 Å². The number of hydrogen-bond acceptors (Lipinski definition) is 4. The van der Waals surface area contributed by atoms with Gasteiger partial charge in [0.25, 0.3) is 0 Å². The number of methoxy groups -OCH3 is 1. The van der Waals surface area contributed by atoms with E-state index in [1.54, 1.807) is 13.0 Å². The lowest BCUT2D eigenvalue weighted by atomic mass is 10.1. The molecule has 2 aromatic rings.